The van der Waals surface area contributed by atoms with E-state index in [-0.39, 0.29) is 11.8 Å². The van der Waals surface area contributed by atoms with Gasteiger partial charge < -0.3 is 27.0 Å². The summed E-state index contributed by atoms with van der Waals surface area (Å²) in [7, 11) is 0. The second-order valence-corrected chi connectivity index (χ2v) is 10.6. The number of anilines is 2. The van der Waals surface area contributed by atoms with Crippen LogP contribution in [0.3, 0.4) is 0 Å². The van der Waals surface area contributed by atoms with Crippen LogP contribution in [-0.2, 0) is 17.9 Å². The molecule has 0 radical (unpaired) electrons. The van der Waals surface area contributed by atoms with Crippen molar-refractivity contribution in [3.05, 3.63) is 108 Å². The highest BCUT2D eigenvalue weighted by molar-refractivity contribution is 6.05. The minimum Gasteiger partial charge on any atom is -0.397 e. The van der Waals surface area contributed by atoms with Crippen molar-refractivity contribution in [2.75, 3.05) is 30.7 Å². The van der Waals surface area contributed by atoms with Gasteiger partial charge in [-0.2, -0.15) is 0 Å². The van der Waals surface area contributed by atoms with Gasteiger partial charge >= 0.3 is 0 Å². The van der Waals surface area contributed by atoms with Crippen LogP contribution in [-0.4, -0.2) is 31.4 Å². The molecule has 0 aliphatic rings. The van der Waals surface area contributed by atoms with E-state index < -0.39 is 0 Å². The van der Waals surface area contributed by atoms with Gasteiger partial charge in [0, 0.05) is 25.1 Å². The van der Waals surface area contributed by atoms with E-state index in [1.54, 1.807) is 24.3 Å². The molecule has 0 spiro atoms. The number of hydrogen-bond donors (Lipinski definition) is 5. The molecular formula is C35H43N5O2. The molecule has 4 rings (SSSR count). The van der Waals surface area contributed by atoms with Gasteiger partial charge in [0.05, 0.1) is 11.4 Å². The minimum atomic E-state index is -0.220. The molecule has 0 unspecified atom stereocenters. The lowest BCUT2D eigenvalue weighted by atomic mass is 10.1. The number of amides is 2. The number of nitrogens with two attached hydrogens (primary N) is 1. The number of carbonyl (C=O) groups is 2. The highest BCUT2D eigenvalue weighted by atomic mass is 16.2. The summed E-state index contributed by atoms with van der Waals surface area (Å²) in [6.45, 7) is 4.39. The monoisotopic (exact) mass is 565 g/mol. The highest BCUT2D eigenvalue weighted by Gasteiger charge is 2.08. The van der Waals surface area contributed by atoms with Crippen molar-refractivity contribution in [3.8, 4) is 0 Å². The SMILES string of the molecule is Nc1ccccc1NC(=O)c1ccc(CNC(=O)CCCCCNCCCCNCc2ccc3ccccc3c2)cc1. The summed E-state index contributed by atoms with van der Waals surface area (Å²) in [5, 5.41) is 15.4. The van der Waals surface area contributed by atoms with Gasteiger partial charge in [-0.15, -0.1) is 0 Å². The third-order valence-electron chi connectivity index (χ3n) is 7.27. The molecule has 7 heteroatoms. The van der Waals surface area contributed by atoms with E-state index in [0.717, 1.165) is 63.8 Å². The number of rotatable bonds is 17. The fraction of sp³-hybridized carbons (Fsp3) is 0.314. The fourth-order valence-electron chi connectivity index (χ4n) is 4.79. The zero-order chi connectivity index (χ0) is 29.4. The van der Waals surface area contributed by atoms with Gasteiger partial charge in [-0.1, -0.05) is 67.1 Å². The first-order chi connectivity index (χ1) is 20.6. The topological polar surface area (TPSA) is 108 Å². The number of nitrogens with one attached hydrogen (secondary N) is 4. The second kappa shape index (κ2) is 16.9. The average molecular weight is 566 g/mol. The Morgan fingerprint density at radius 1 is 0.619 bits per heavy atom. The van der Waals surface area contributed by atoms with E-state index in [1.807, 2.05) is 24.3 Å². The third kappa shape index (κ3) is 10.3. The molecule has 0 heterocycles. The van der Waals surface area contributed by atoms with Crippen LogP contribution >= 0.6 is 0 Å². The summed E-state index contributed by atoms with van der Waals surface area (Å²) in [4.78, 5) is 24.7. The molecule has 42 heavy (non-hydrogen) atoms. The van der Waals surface area contributed by atoms with Crippen LogP contribution in [0.2, 0.25) is 0 Å². The molecule has 0 atom stereocenters. The van der Waals surface area contributed by atoms with Crippen LogP contribution in [0.25, 0.3) is 10.8 Å². The van der Waals surface area contributed by atoms with Crippen LogP contribution in [0.15, 0.2) is 91.0 Å². The standard InChI is InChI=1S/C35H43N5O2/c36-32-12-5-6-13-33(32)40-35(42)30-19-15-27(16-20-30)26-39-34(41)14-2-1-7-21-37-22-8-9-23-38-25-28-17-18-29-10-3-4-11-31(29)24-28/h3-6,10-13,15-20,24,37-38H,1-2,7-9,14,21-23,25-26,36H2,(H,39,41)(H,40,42). The molecule has 0 aromatic heterocycles. The van der Waals surface area contributed by atoms with E-state index in [1.165, 1.54) is 16.3 Å². The van der Waals surface area contributed by atoms with Crippen molar-refractivity contribution in [2.24, 2.45) is 0 Å². The molecule has 4 aromatic carbocycles. The van der Waals surface area contributed by atoms with Crippen molar-refractivity contribution >= 4 is 34.0 Å². The third-order valence-corrected chi connectivity index (χ3v) is 7.27. The fourth-order valence-corrected chi connectivity index (χ4v) is 4.79. The second-order valence-electron chi connectivity index (χ2n) is 10.6. The Morgan fingerprint density at radius 3 is 2.07 bits per heavy atom. The average Bonchev–Trinajstić information content (AvgIpc) is 3.01. The van der Waals surface area contributed by atoms with Gasteiger partial charge in [0.15, 0.2) is 0 Å². The minimum absolute atomic E-state index is 0.0560. The number of fused-ring (bicyclic) bond motifs is 1. The molecule has 0 aliphatic heterocycles. The Bertz CT molecular complexity index is 1420. The largest absolute Gasteiger partial charge is 0.397 e. The first-order valence-corrected chi connectivity index (χ1v) is 15.0. The molecule has 0 bridgehead atoms. The summed E-state index contributed by atoms with van der Waals surface area (Å²) in [6.07, 6.45) is 5.82. The summed E-state index contributed by atoms with van der Waals surface area (Å²) in [5.41, 5.74) is 9.82. The molecule has 0 saturated carbocycles. The number of hydrogen-bond acceptors (Lipinski definition) is 5. The summed E-state index contributed by atoms with van der Waals surface area (Å²) in [5.74, 6) is -0.164. The van der Waals surface area contributed by atoms with Crippen LogP contribution in [0.4, 0.5) is 11.4 Å². The number of benzene rings is 4. The maximum atomic E-state index is 12.5. The quantitative estimate of drug-likeness (QED) is 0.0796. The zero-order valence-corrected chi connectivity index (χ0v) is 24.3. The van der Waals surface area contributed by atoms with Crippen molar-refractivity contribution in [3.63, 3.8) is 0 Å². The van der Waals surface area contributed by atoms with Crippen molar-refractivity contribution in [1.82, 2.24) is 16.0 Å². The van der Waals surface area contributed by atoms with E-state index in [4.69, 9.17) is 5.73 Å². The summed E-state index contributed by atoms with van der Waals surface area (Å²) in [6, 6.07) is 29.5. The first-order valence-electron chi connectivity index (χ1n) is 15.0. The summed E-state index contributed by atoms with van der Waals surface area (Å²) < 4.78 is 0. The molecule has 0 aliphatic carbocycles. The molecule has 2 amide bonds. The molecule has 4 aromatic rings. The van der Waals surface area contributed by atoms with Crippen LogP contribution < -0.4 is 27.0 Å². The van der Waals surface area contributed by atoms with Crippen molar-refractivity contribution in [1.29, 1.82) is 0 Å². The van der Waals surface area contributed by atoms with Crippen LogP contribution in [0, 0.1) is 0 Å². The summed E-state index contributed by atoms with van der Waals surface area (Å²) >= 11 is 0. The lowest BCUT2D eigenvalue weighted by molar-refractivity contribution is -0.121. The number of nitrogen functional groups attached to an aromatic ring is 1. The van der Waals surface area contributed by atoms with Gasteiger partial charge in [0.2, 0.25) is 5.91 Å². The Balaban J connectivity index is 0.968. The lowest BCUT2D eigenvalue weighted by Crippen LogP contribution is -2.22. The van der Waals surface area contributed by atoms with Gasteiger partial charge in [0.25, 0.3) is 5.91 Å². The zero-order valence-electron chi connectivity index (χ0n) is 24.3. The Labute approximate surface area is 249 Å². The van der Waals surface area contributed by atoms with Crippen LogP contribution in [0.1, 0.15) is 60.0 Å². The highest BCUT2D eigenvalue weighted by Crippen LogP contribution is 2.18. The predicted molar refractivity (Wildman–Crippen MR) is 173 cm³/mol. The number of unbranched alkanes of at least 4 members (excludes halogenated alkanes) is 3. The predicted octanol–water partition coefficient (Wildman–Crippen LogP) is 6.01. The molecule has 7 nitrogen and oxygen atoms in total. The van der Waals surface area contributed by atoms with Crippen molar-refractivity contribution < 1.29 is 9.59 Å². The molecule has 220 valence electrons. The van der Waals surface area contributed by atoms with E-state index >= 15 is 0 Å². The van der Waals surface area contributed by atoms with Gasteiger partial charge in [-0.3, -0.25) is 9.59 Å². The normalized spacial score (nSPS) is 11.0. The molecular weight excluding hydrogens is 522 g/mol. The molecule has 0 fully saturated rings. The van der Waals surface area contributed by atoms with Crippen molar-refractivity contribution in [2.45, 2.75) is 51.6 Å². The van der Waals surface area contributed by atoms with Gasteiger partial charge in [-0.05, 0) is 97.5 Å². The molecule has 0 saturated heterocycles. The number of carbonyl (C=O) groups excluding carboxylic acids is 2. The Hall–Kier alpha value is -4.20. The lowest BCUT2D eigenvalue weighted by Gasteiger charge is -2.09. The smallest absolute Gasteiger partial charge is 0.255 e. The van der Waals surface area contributed by atoms with Gasteiger partial charge in [-0.25, -0.2) is 0 Å². The van der Waals surface area contributed by atoms with E-state index in [0.29, 0.717) is 29.9 Å². The maximum Gasteiger partial charge on any atom is 0.255 e. The number of para-hydroxylation sites is 2. The van der Waals surface area contributed by atoms with Gasteiger partial charge in [0.1, 0.15) is 0 Å². The molecule has 6 N–H and O–H groups in total. The van der Waals surface area contributed by atoms with E-state index in [2.05, 4.69) is 63.7 Å². The van der Waals surface area contributed by atoms with E-state index in [9.17, 15) is 9.59 Å². The first kappa shape index (κ1) is 30.8. The Morgan fingerprint density at radius 2 is 1.29 bits per heavy atom. The van der Waals surface area contributed by atoms with Crippen LogP contribution in [0.5, 0.6) is 0 Å². The Kier molecular flexibility index (Phi) is 12.4. The maximum absolute atomic E-state index is 12.5.